The maximum atomic E-state index is 6.28. The van der Waals surface area contributed by atoms with Gasteiger partial charge in [0.1, 0.15) is 11.7 Å². The first kappa shape index (κ1) is 22.5. The van der Waals surface area contributed by atoms with E-state index in [1.165, 1.54) is 44.8 Å². The molecule has 0 saturated heterocycles. The molecule has 30 heavy (non-hydrogen) atoms. The standard InChI is InChI=1S/C26H28Cl2N2/c1-16-10-19(4)25(20(5)11-16)29-8-9-30(24(29)14-18(3)23(28)15-27)26-21(6)12-17(2)13-22(26)7/h8-14H,1-7H3. The molecule has 156 valence electrons. The van der Waals surface area contributed by atoms with Crippen molar-refractivity contribution in [2.45, 2.75) is 48.5 Å². The van der Waals surface area contributed by atoms with E-state index >= 15 is 0 Å². The van der Waals surface area contributed by atoms with Crippen LogP contribution in [0.4, 0.5) is 11.4 Å². The van der Waals surface area contributed by atoms with E-state index in [0.717, 1.165) is 11.4 Å². The van der Waals surface area contributed by atoms with Crippen LogP contribution in [0, 0.1) is 47.4 Å². The van der Waals surface area contributed by atoms with Gasteiger partial charge < -0.3 is 9.80 Å². The normalized spacial score (nSPS) is 14.5. The molecule has 0 spiro atoms. The molecule has 0 unspecified atom stereocenters. The van der Waals surface area contributed by atoms with Crippen LogP contribution in [0.25, 0.3) is 0 Å². The van der Waals surface area contributed by atoms with Crippen LogP contribution in [0.15, 0.2) is 59.2 Å². The van der Waals surface area contributed by atoms with Crippen LogP contribution in [0.2, 0.25) is 0 Å². The molecule has 2 nitrogen and oxygen atoms in total. The molecule has 0 aromatic heterocycles. The first-order valence-electron chi connectivity index (χ1n) is 10.0. The molecule has 0 N–H and O–H groups in total. The Labute approximate surface area is 191 Å². The largest absolute Gasteiger partial charge is 0.301 e. The van der Waals surface area contributed by atoms with Crippen molar-refractivity contribution < 1.29 is 0 Å². The van der Waals surface area contributed by atoms with Crippen LogP contribution in [0.1, 0.15) is 40.3 Å². The molecule has 1 heterocycles. The van der Waals surface area contributed by atoms with E-state index in [9.17, 15) is 0 Å². The molecule has 3 rings (SSSR count). The molecule has 0 bridgehead atoms. The van der Waals surface area contributed by atoms with Gasteiger partial charge in [0.25, 0.3) is 0 Å². The Balaban J connectivity index is 2.22. The molecule has 0 atom stereocenters. The van der Waals surface area contributed by atoms with Crippen LogP contribution in [0.3, 0.4) is 0 Å². The summed E-state index contributed by atoms with van der Waals surface area (Å²) in [5.74, 6) is 3.53. The molecule has 4 heteroatoms. The van der Waals surface area contributed by atoms with Gasteiger partial charge in [-0.3, -0.25) is 0 Å². The van der Waals surface area contributed by atoms with Crippen molar-refractivity contribution in [1.82, 2.24) is 0 Å². The minimum atomic E-state index is 0.408. The quantitative estimate of drug-likeness (QED) is 0.477. The molecular formula is C26H28Cl2N2. The molecule has 0 fully saturated rings. The van der Waals surface area contributed by atoms with Gasteiger partial charge in [-0.25, -0.2) is 0 Å². The molecule has 2 radical (unpaired) electrons. The lowest BCUT2D eigenvalue weighted by Crippen LogP contribution is -2.25. The first-order chi connectivity index (χ1) is 14.1. The topological polar surface area (TPSA) is 6.48 Å². The third-order valence-electron chi connectivity index (χ3n) is 5.39. The average Bonchev–Trinajstić information content (AvgIpc) is 3.02. The Bertz CT molecular complexity index is 961. The van der Waals surface area contributed by atoms with Gasteiger partial charge in [0.2, 0.25) is 0 Å². The fourth-order valence-electron chi connectivity index (χ4n) is 4.36. The highest BCUT2D eigenvalue weighted by Crippen LogP contribution is 2.39. The lowest BCUT2D eigenvalue weighted by atomic mass is 10.0. The summed E-state index contributed by atoms with van der Waals surface area (Å²) in [7, 11) is 0. The van der Waals surface area contributed by atoms with Crippen molar-refractivity contribution in [1.29, 1.82) is 0 Å². The lowest BCUT2D eigenvalue weighted by Gasteiger charge is -2.30. The van der Waals surface area contributed by atoms with Crippen LogP contribution >= 0.6 is 23.2 Å². The van der Waals surface area contributed by atoms with Crippen molar-refractivity contribution in [3.05, 3.63) is 98.4 Å². The number of hydrogen-bond donors (Lipinski definition) is 0. The Morgan fingerprint density at radius 1 is 0.767 bits per heavy atom. The second-order valence-corrected chi connectivity index (χ2v) is 8.69. The van der Waals surface area contributed by atoms with Gasteiger partial charge in [0, 0.05) is 17.4 Å². The molecule has 1 aliphatic heterocycles. The van der Waals surface area contributed by atoms with Gasteiger partial charge in [0.05, 0.1) is 11.4 Å². The molecule has 2 aromatic carbocycles. The van der Waals surface area contributed by atoms with Crippen molar-refractivity contribution in [3.8, 4) is 0 Å². The fourth-order valence-corrected chi connectivity index (χ4v) is 4.56. The summed E-state index contributed by atoms with van der Waals surface area (Å²) in [4.78, 5) is 4.45. The summed E-state index contributed by atoms with van der Waals surface area (Å²) in [6.07, 6.45) is 6.30. The zero-order chi connectivity index (χ0) is 22.2. The highest BCUT2D eigenvalue weighted by molar-refractivity contribution is 6.39. The van der Waals surface area contributed by atoms with E-state index < -0.39 is 0 Å². The third-order valence-corrected chi connectivity index (χ3v) is 6.06. The zero-order valence-electron chi connectivity index (χ0n) is 18.7. The maximum Gasteiger partial charge on any atom is 0.133 e. The number of aryl methyl sites for hydroxylation is 6. The van der Waals surface area contributed by atoms with Crippen molar-refractivity contribution in [2.24, 2.45) is 0 Å². The van der Waals surface area contributed by atoms with Crippen LogP contribution < -0.4 is 9.80 Å². The summed E-state index contributed by atoms with van der Waals surface area (Å²) in [6, 6.07) is 8.87. The second-order valence-electron chi connectivity index (χ2n) is 8.13. The maximum absolute atomic E-state index is 6.28. The number of benzene rings is 2. The summed E-state index contributed by atoms with van der Waals surface area (Å²) in [5.41, 5.74) is 10.6. The van der Waals surface area contributed by atoms with Crippen LogP contribution in [0.5, 0.6) is 0 Å². The molecule has 0 aliphatic carbocycles. The van der Waals surface area contributed by atoms with Gasteiger partial charge in [-0.05, 0) is 82.4 Å². The summed E-state index contributed by atoms with van der Waals surface area (Å²) < 4.78 is 0. The monoisotopic (exact) mass is 438 g/mol. The molecule has 0 amide bonds. The Kier molecular flexibility index (Phi) is 6.69. The fraction of sp³-hybridized carbons (Fsp3) is 0.269. The van der Waals surface area contributed by atoms with E-state index in [1.807, 2.05) is 6.92 Å². The smallest absolute Gasteiger partial charge is 0.133 e. The number of allylic oxidation sites excluding steroid dienone is 3. The molecule has 2 aromatic rings. The van der Waals surface area contributed by atoms with Gasteiger partial charge in [0.15, 0.2) is 0 Å². The predicted octanol–water partition coefficient (Wildman–Crippen LogP) is 7.97. The van der Waals surface area contributed by atoms with E-state index in [-0.39, 0.29) is 0 Å². The van der Waals surface area contributed by atoms with Crippen LogP contribution in [-0.2, 0) is 0 Å². The molecular weight excluding hydrogens is 411 g/mol. The van der Waals surface area contributed by atoms with Gasteiger partial charge >= 0.3 is 0 Å². The Morgan fingerprint density at radius 2 is 1.13 bits per heavy atom. The minimum Gasteiger partial charge on any atom is -0.301 e. The first-order valence-corrected chi connectivity index (χ1v) is 10.8. The summed E-state index contributed by atoms with van der Waals surface area (Å²) in [5, 5.41) is 0.408. The number of hydrogen-bond acceptors (Lipinski definition) is 2. The van der Waals surface area contributed by atoms with E-state index in [4.69, 9.17) is 23.2 Å². The Hall–Kier alpha value is -2.16. The number of rotatable bonds is 4. The SMILES string of the molecule is CC(C=C1N(c2c(C)cc(C)cc2C)C=CN1c1c(C)cc(C)cc1C)=C(Cl)[C]Cl. The van der Waals surface area contributed by atoms with Crippen molar-refractivity contribution >= 4 is 34.6 Å². The summed E-state index contributed by atoms with van der Waals surface area (Å²) in [6.45, 7) is 14.8. The predicted molar refractivity (Wildman–Crippen MR) is 131 cm³/mol. The average molecular weight is 439 g/mol. The van der Waals surface area contributed by atoms with Crippen molar-refractivity contribution in [2.75, 3.05) is 9.80 Å². The van der Waals surface area contributed by atoms with E-state index in [2.05, 4.69) is 100.0 Å². The minimum absolute atomic E-state index is 0.408. The van der Waals surface area contributed by atoms with E-state index in [0.29, 0.717) is 5.03 Å². The summed E-state index contributed by atoms with van der Waals surface area (Å²) >= 11 is 12.0. The number of nitrogens with zero attached hydrogens (tertiary/aromatic N) is 2. The highest BCUT2D eigenvalue weighted by atomic mass is 35.5. The number of anilines is 2. The zero-order valence-corrected chi connectivity index (χ0v) is 20.2. The lowest BCUT2D eigenvalue weighted by molar-refractivity contribution is 1.07. The number of halogens is 2. The van der Waals surface area contributed by atoms with Crippen molar-refractivity contribution in [3.63, 3.8) is 0 Å². The van der Waals surface area contributed by atoms with Gasteiger partial charge in [-0.1, -0.05) is 47.0 Å². The van der Waals surface area contributed by atoms with Gasteiger partial charge in [-0.15, -0.1) is 11.6 Å². The van der Waals surface area contributed by atoms with Gasteiger partial charge in [-0.2, -0.15) is 0 Å². The molecule has 1 aliphatic rings. The Morgan fingerprint density at radius 3 is 1.47 bits per heavy atom. The van der Waals surface area contributed by atoms with E-state index in [1.54, 1.807) is 0 Å². The van der Waals surface area contributed by atoms with Crippen LogP contribution in [-0.4, -0.2) is 0 Å². The molecule has 0 saturated carbocycles. The second kappa shape index (κ2) is 8.91. The highest BCUT2D eigenvalue weighted by Gasteiger charge is 2.27. The third kappa shape index (κ3) is 4.31.